The first-order valence-electron chi connectivity index (χ1n) is 8.65. The molecular weight excluding hydrogens is 390 g/mol. The molecule has 0 amide bonds. The molecule has 1 heterocycles. The smallest absolute Gasteiger partial charge is 0.335 e. The Morgan fingerprint density at radius 1 is 0.862 bits per heavy atom. The van der Waals surface area contributed by atoms with E-state index < -0.39 is 36.7 Å². The summed E-state index contributed by atoms with van der Waals surface area (Å²) in [7, 11) is 0. The second kappa shape index (κ2) is 8.50. The average molecular weight is 410 g/mol. The Balaban J connectivity index is 1.78. The number of aliphatic carboxylic acids is 1. The molecule has 154 valence electrons. The van der Waals surface area contributed by atoms with Crippen molar-refractivity contribution >= 4 is 18.1 Å². The SMILES string of the molecule is O=C(O)[C@H]1O[C@@H](Oc2cc(O)cc(/C=C/[13c]3[13cH][13cH][13c](O)[13cH][13cH]3)c2)[C@H](O)[C@@H](O)[C@@H]1O. The lowest BCUT2D eigenvalue weighted by molar-refractivity contribution is -0.271. The molecule has 1 fully saturated rings. The lowest BCUT2D eigenvalue weighted by Crippen LogP contribution is -2.61. The molecule has 6 N–H and O–H groups in total. The van der Waals surface area contributed by atoms with E-state index in [-0.39, 0.29) is 17.2 Å². The Kier molecular flexibility index (Phi) is 6.04. The molecule has 0 spiro atoms. The second-order valence-corrected chi connectivity index (χ2v) is 6.54. The van der Waals surface area contributed by atoms with Crippen LogP contribution in [0, 0.1) is 0 Å². The van der Waals surface area contributed by atoms with Gasteiger partial charge in [0.1, 0.15) is 35.6 Å². The van der Waals surface area contributed by atoms with Crippen molar-refractivity contribution in [1.29, 1.82) is 0 Å². The number of rotatable bonds is 5. The number of carboxylic acid groups (broad SMARTS) is 1. The maximum atomic E-state index is 11.2. The first-order valence-corrected chi connectivity index (χ1v) is 8.65. The van der Waals surface area contributed by atoms with Crippen molar-refractivity contribution in [3.8, 4) is 17.2 Å². The summed E-state index contributed by atoms with van der Waals surface area (Å²) in [4.78, 5) is 11.2. The monoisotopic (exact) mass is 410 g/mol. The summed E-state index contributed by atoms with van der Waals surface area (Å²) >= 11 is 0. The normalized spacial score (nSPS) is 27.1. The number of phenols is 2. The van der Waals surface area contributed by atoms with Crippen molar-refractivity contribution in [2.45, 2.75) is 30.7 Å². The quantitative estimate of drug-likeness (QED) is 0.387. The molecule has 0 aliphatic carbocycles. The Bertz CT molecular complexity index is 893. The zero-order chi connectivity index (χ0) is 21.1. The van der Waals surface area contributed by atoms with Gasteiger partial charge in [0.05, 0.1) is 0 Å². The number of aliphatic hydroxyl groups is 3. The van der Waals surface area contributed by atoms with Crippen LogP contribution in [0.1, 0.15) is 11.1 Å². The van der Waals surface area contributed by atoms with Crippen LogP contribution in [0.3, 0.4) is 0 Å². The number of aromatic hydroxyl groups is 2. The predicted molar refractivity (Wildman–Crippen MR) is 100 cm³/mol. The van der Waals surface area contributed by atoms with Crippen LogP contribution in [0.4, 0.5) is 0 Å². The zero-order valence-electron chi connectivity index (χ0n) is 15.0. The highest BCUT2D eigenvalue weighted by Gasteiger charge is 2.48. The third-order valence-corrected chi connectivity index (χ3v) is 4.34. The van der Waals surface area contributed by atoms with Gasteiger partial charge in [-0.15, -0.1) is 0 Å². The molecule has 5 atom stereocenters. The van der Waals surface area contributed by atoms with Gasteiger partial charge in [-0.3, -0.25) is 0 Å². The summed E-state index contributed by atoms with van der Waals surface area (Å²) < 4.78 is 10.5. The van der Waals surface area contributed by atoms with Gasteiger partial charge in [-0.2, -0.15) is 0 Å². The molecule has 1 aliphatic rings. The molecule has 9 heteroatoms. The van der Waals surface area contributed by atoms with Gasteiger partial charge in [-0.05, 0) is 35.4 Å². The minimum absolute atomic E-state index is 0.0483. The second-order valence-electron chi connectivity index (χ2n) is 6.54. The van der Waals surface area contributed by atoms with E-state index >= 15 is 0 Å². The molecular formula is C20H20O9. The van der Waals surface area contributed by atoms with Crippen LogP contribution < -0.4 is 4.74 Å². The Hall–Kier alpha value is -3.11. The van der Waals surface area contributed by atoms with Gasteiger partial charge in [-0.1, -0.05) is 24.3 Å². The average Bonchev–Trinajstić information content (AvgIpc) is 2.67. The Morgan fingerprint density at radius 3 is 2.17 bits per heavy atom. The third kappa shape index (κ3) is 4.84. The number of hydrogen-bond acceptors (Lipinski definition) is 8. The maximum Gasteiger partial charge on any atom is 0.335 e. The van der Waals surface area contributed by atoms with Gasteiger partial charge < -0.3 is 40.1 Å². The fourth-order valence-corrected chi connectivity index (χ4v) is 2.83. The van der Waals surface area contributed by atoms with Gasteiger partial charge in [0.2, 0.25) is 6.29 Å². The highest BCUT2D eigenvalue weighted by Crippen LogP contribution is 2.28. The molecule has 1 aliphatic heterocycles. The third-order valence-electron chi connectivity index (χ3n) is 4.34. The molecule has 0 saturated carbocycles. The molecule has 0 unspecified atom stereocenters. The predicted octanol–water partition coefficient (Wildman–Crippen LogP) is 0.539. The number of phenolic OH excluding ortho intramolecular Hbond substituents is 2. The standard InChI is InChI=1S/C20H20O9/c21-12-5-3-10(4-6-12)1-2-11-7-13(22)9-14(8-11)28-20-17(25)15(23)16(24)18(29-20)19(26)27/h1-9,15-18,20-25H,(H,26,27)/b2-1+/t15-,16-,17+,18-,20+/m0/s1/i3+1,4+1,5+1,6+1,10+1,12+1. The fraction of sp³-hybridized carbons (Fsp3) is 0.250. The highest BCUT2D eigenvalue weighted by molar-refractivity contribution is 5.73. The lowest BCUT2D eigenvalue weighted by Gasteiger charge is -2.38. The summed E-state index contributed by atoms with van der Waals surface area (Å²) in [5.41, 5.74) is 1.31. The topological polar surface area (TPSA) is 157 Å². The van der Waals surface area contributed by atoms with Crippen molar-refractivity contribution in [3.05, 3.63) is 53.6 Å². The zero-order valence-corrected chi connectivity index (χ0v) is 15.0. The maximum absolute atomic E-state index is 11.2. The number of carboxylic acids is 1. The van der Waals surface area contributed by atoms with E-state index in [1.54, 1.807) is 24.3 Å². The fourth-order valence-electron chi connectivity index (χ4n) is 2.83. The summed E-state index contributed by atoms with van der Waals surface area (Å²) in [6.45, 7) is 0. The molecule has 2 aromatic rings. The Morgan fingerprint density at radius 2 is 1.52 bits per heavy atom. The van der Waals surface area contributed by atoms with Gasteiger partial charge in [0, 0.05) is 6.07 Å². The van der Waals surface area contributed by atoms with Gasteiger partial charge in [0.15, 0.2) is 6.10 Å². The van der Waals surface area contributed by atoms with Crippen LogP contribution in [0.2, 0.25) is 0 Å². The molecule has 0 bridgehead atoms. The van der Waals surface area contributed by atoms with Crippen LogP contribution >= 0.6 is 0 Å². The minimum atomic E-state index is -1.82. The van der Waals surface area contributed by atoms with Crippen LogP contribution in [-0.2, 0) is 9.53 Å². The van der Waals surface area contributed by atoms with Crippen LogP contribution in [0.25, 0.3) is 12.2 Å². The molecule has 9 nitrogen and oxygen atoms in total. The molecule has 0 aromatic heterocycles. The summed E-state index contributed by atoms with van der Waals surface area (Å²) in [5.74, 6) is -1.50. The molecule has 3 rings (SSSR count). The van der Waals surface area contributed by atoms with E-state index in [2.05, 4.69) is 0 Å². The molecule has 0 radical (unpaired) electrons. The molecule has 2 aromatic carbocycles. The Labute approximate surface area is 165 Å². The molecule has 1 saturated heterocycles. The van der Waals surface area contributed by atoms with E-state index in [0.29, 0.717) is 5.56 Å². The number of hydrogen-bond donors (Lipinski definition) is 6. The van der Waals surface area contributed by atoms with E-state index in [9.17, 15) is 30.3 Å². The van der Waals surface area contributed by atoms with Gasteiger partial charge in [0.25, 0.3) is 0 Å². The number of ether oxygens (including phenoxy) is 2. The molecule has 29 heavy (non-hydrogen) atoms. The van der Waals surface area contributed by atoms with Crippen molar-refractivity contribution in [2.24, 2.45) is 0 Å². The van der Waals surface area contributed by atoms with Gasteiger partial charge >= 0.3 is 5.97 Å². The summed E-state index contributed by atoms with van der Waals surface area (Å²) in [6.07, 6.45) is -5.30. The first-order chi connectivity index (χ1) is 13.7. The minimum Gasteiger partial charge on any atom is -0.508 e. The van der Waals surface area contributed by atoms with Crippen LogP contribution in [-0.4, -0.2) is 67.3 Å². The number of carbonyl (C=O) groups is 1. The van der Waals surface area contributed by atoms with Crippen molar-refractivity contribution < 1.29 is 44.9 Å². The van der Waals surface area contributed by atoms with E-state index in [0.717, 1.165) is 5.56 Å². The van der Waals surface area contributed by atoms with E-state index in [1.165, 1.54) is 30.3 Å². The van der Waals surface area contributed by atoms with Crippen molar-refractivity contribution in [2.75, 3.05) is 0 Å². The lowest BCUT2D eigenvalue weighted by atomic mass is 9.99. The number of aliphatic hydroxyl groups excluding tert-OH is 3. The van der Waals surface area contributed by atoms with Crippen LogP contribution in [0.5, 0.6) is 17.2 Å². The highest BCUT2D eigenvalue weighted by atomic mass is 16.7. The largest absolute Gasteiger partial charge is 0.508 e. The van der Waals surface area contributed by atoms with Crippen LogP contribution in [0.15, 0.2) is 42.5 Å². The number of benzene rings is 2. The summed E-state index contributed by atoms with van der Waals surface area (Å²) in [5, 5.41) is 57.9. The van der Waals surface area contributed by atoms with Crippen molar-refractivity contribution in [1.82, 2.24) is 0 Å². The van der Waals surface area contributed by atoms with E-state index in [4.69, 9.17) is 14.6 Å². The van der Waals surface area contributed by atoms with E-state index in [1.807, 2.05) is 0 Å². The van der Waals surface area contributed by atoms with Gasteiger partial charge in [-0.25, -0.2) is 4.79 Å². The summed E-state index contributed by atoms with van der Waals surface area (Å²) in [6, 6.07) is 10.6. The van der Waals surface area contributed by atoms with Crippen molar-refractivity contribution in [3.63, 3.8) is 0 Å². The first kappa shape index (κ1) is 20.6.